The number of hydrazine groups is 1. The van der Waals surface area contributed by atoms with E-state index in [0.29, 0.717) is 11.5 Å². The van der Waals surface area contributed by atoms with Gasteiger partial charge in [0.15, 0.2) is 0 Å². The molecule has 2 saturated carbocycles. The average molecular weight is 288 g/mol. The Labute approximate surface area is 125 Å². The Hall–Kier alpha value is -1.39. The number of fused-ring (bicyclic) bond motifs is 2. The Bertz CT molecular complexity index is 543. The zero-order valence-corrected chi connectivity index (χ0v) is 12.9. The third kappa shape index (κ3) is 2.00. The van der Waals surface area contributed by atoms with Gasteiger partial charge in [0.05, 0.1) is 12.1 Å². The van der Waals surface area contributed by atoms with Crippen molar-refractivity contribution in [1.29, 1.82) is 0 Å². The normalized spacial score (nSPS) is 36.7. The number of aliphatic hydroxyl groups excluding tert-OH is 1. The van der Waals surface area contributed by atoms with Crippen molar-refractivity contribution >= 4 is 5.91 Å². The lowest BCUT2D eigenvalue weighted by Crippen LogP contribution is -2.53. The lowest BCUT2D eigenvalue weighted by Gasteiger charge is -2.37. The molecule has 0 radical (unpaired) electrons. The van der Waals surface area contributed by atoms with Gasteiger partial charge in [-0.3, -0.25) is 10.2 Å². The van der Waals surface area contributed by atoms with Crippen molar-refractivity contribution < 1.29 is 9.90 Å². The zero-order chi connectivity index (χ0) is 15.3. The summed E-state index contributed by atoms with van der Waals surface area (Å²) in [6.45, 7) is 6.63. The van der Waals surface area contributed by atoms with Crippen molar-refractivity contribution in [3.63, 3.8) is 0 Å². The van der Waals surface area contributed by atoms with Crippen LogP contribution in [0.15, 0.2) is 30.3 Å². The van der Waals surface area contributed by atoms with Gasteiger partial charge in [-0.25, -0.2) is 5.43 Å². The maximum Gasteiger partial charge on any atom is 0.265 e. The van der Waals surface area contributed by atoms with E-state index in [4.69, 9.17) is 0 Å². The van der Waals surface area contributed by atoms with Crippen LogP contribution in [0.3, 0.4) is 0 Å². The van der Waals surface area contributed by atoms with Crippen molar-refractivity contribution in [3.05, 3.63) is 35.9 Å². The molecule has 4 atom stereocenters. The molecule has 0 aliphatic heterocycles. The van der Waals surface area contributed by atoms with E-state index in [-0.39, 0.29) is 22.8 Å². The molecule has 114 valence electrons. The van der Waals surface area contributed by atoms with E-state index < -0.39 is 6.10 Å². The van der Waals surface area contributed by atoms with Gasteiger partial charge in [-0.2, -0.15) is 0 Å². The van der Waals surface area contributed by atoms with E-state index in [1.807, 2.05) is 18.2 Å². The Balaban J connectivity index is 1.69. The molecule has 0 spiro atoms. The molecule has 1 aromatic carbocycles. The highest BCUT2D eigenvalue weighted by Gasteiger charge is 2.65. The fraction of sp³-hybridized carbons (Fsp3) is 0.588. The summed E-state index contributed by atoms with van der Waals surface area (Å²) in [7, 11) is 0. The lowest BCUT2D eigenvalue weighted by atomic mass is 9.70. The van der Waals surface area contributed by atoms with E-state index in [9.17, 15) is 9.90 Å². The quantitative estimate of drug-likeness (QED) is 0.747. The first-order valence-electron chi connectivity index (χ1n) is 7.67. The average Bonchev–Trinajstić information content (AvgIpc) is 2.78. The molecular formula is C17H24N2O2. The molecule has 4 unspecified atom stereocenters. The fourth-order valence-corrected chi connectivity index (χ4v) is 4.33. The lowest BCUT2D eigenvalue weighted by molar-refractivity contribution is -0.00196. The summed E-state index contributed by atoms with van der Waals surface area (Å²) in [6, 6.07) is 9.04. The summed E-state index contributed by atoms with van der Waals surface area (Å²) in [5, 5.41) is 10.6. The van der Waals surface area contributed by atoms with E-state index in [1.165, 1.54) is 0 Å². The summed E-state index contributed by atoms with van der Waals surface area (Å²) in [6.07, 6.45) is 1.72. The van der Waals surface area contributed by atoms with Crippen LogP contribution < -0.4 is 10.9 Å². The van der Waals surface area contributed by atoms with Gasteiger partial charge in [-0.1, -0.05) is 39.0 Å². The smallest absolute Gasteiger partial charge is 0.265 e. The minimum Gasteiger partial charge on any atom is -0.391 e. The van der Waals surface area contributed by atoms with Gasteiger partial charge in [0.25, 0.3) is 5.91 Å². The monoisotopic (exact) mass is 288 g/mol. The maximum atomic E-state index is 12.1. The zero-order valence-electron chi connectivity index (χ0n) is 12.9. The largest absolute Gasteiger partial charge is 0.391 e. The van der Waals surface area contributed by atoms with Gasteiger partial charge >= 0.3 is 0 Å². The van der Waals surface area contributed by atoms with Crippen LogP contribution in [-0.4, -0.2) is 23.2 Å². The standard InChI is InChI=1S/C17H24N2O2/c1-16(2)12-9-10-17(16,3)14(20)13(12)18-19-15(21)11-7-5-4-6-8-11/h4-8,12-14,18,20H,9-10H2,1-3H3,(H,19,21). The molecule has 21 heavy (non-hydrogen) atoms. The number of carbonyl (C=O) groups is 1. The summed E-state index contributed by atoms with van der Waals surface area (Å²) in [5.41, 5.74) is 6.48. The molecule has 4 heteroatoms. The molecule has 4 nitrogen and oxygen atoms in total. The van der Waals surface area contributed by atoms with Crippen molar-refractivity contribution in [2.45, 2.75) is 45.8 Å². The minimum absolute atomic E-state index is 0.0766. The van der Waals surface area contributed by atoms with Crippen LogP contribution in [0.5, 0.6) is 0 Å². The summed E-state index contributed by atoms with van der Waals surface area (Å²) in [5.74, 6) is 0.224. The SMILES string of the molecule is CC1(C)C2CCC1(C)C(O)C2NNC(=O)c1ccccc1. The number of benzene rings is 1. The third-order valence-electron chi connectivity index (χ3n) is 6.19. The number of aliphatic hydroxyl groups is 1. The fourth-order valence-electron chi connectivity index (χ4n) is 4.33. The van der Waals surface area contributed by atoms with Crippen molar-refractivity contribution in [2.75, 3.05) is 0 Å². The maximum absolute atomic E-state index is 12.1. The summed E-state index contributed by atoms with van der Waals surface area (Å²) in [4.78, 5) is 12.1. The second kappa shape index (κ2) is 4.82. The number of hydrogen-bond donors (Lipinski definition) is 3. The first kappa shape index (κ1) is 14.5. The van der Waals surface area contributed by atoms with Crippen LogP contribution in [0, 0.1) is 16.7 Å². The third-order valence-corrected chi connectivity index (χ3v) is 6.19. The molecule has 0 aromatic heterocycles. The van der Waals surface area contributed by atoms with Gasteiger partial charge in [0.2, 0.25) is 0 Å². The van der Waals surface area contributed by atoms with E-state index in [2.05, 4.69) is 31.6 Å². The first-order chi connectivity index (χ1) is 9.88. The highest BCUT2D eigenvalue weighted by Crippen LogP contribution is 2.65. The van der Waals surface area contributed by atoms with Crippen LogP contribution in [0.4, 0.5) is 0 Å². The number of carbonyl (C=O) groups excluding carboxylic acids is 1. The van der Waals surface area contributed by atoms with Crippen LogP contribution in [0.1, 0.15) is 44.0 Å². The van der Waals surface area contributed by atoms with Crippen LogP contribution in [-0.2, 0) is 0 Å². The highest BCUT2D eigenvalue weighted by atomic mass is 16.3. The molecule has 3 rings (SSSR count). The second-order valence-electron chi connectivity index (χ2n) is 7.22. The van der Waals surface area contributed by atoms with E-state index in [1.54, 1.807) is 12.1 Å². The predicted octanol–water partition coefficient (Wildman–Crippen LogP) is 2.11. The van der Waals surface area contributed by atoms with Gasteiger partial charge in [0.1, 0.15) is 0 Å². The molecule has 2 fully saturated rings. The van der Waals surface area contributed by atoms with Crippen molar-refractivity contribution in [2.24, 2.45) is 16.7 Å². The minimum atomic E-state index is -0.428. The van der Waals surface area contributed by atoms with Crippen LogP contribution in [0.2, 0.25) is 0 Å². The van der Waals surface area contributed by atoms with E-state index >= 15 is 0 Å². The Morgan fingerprint density at radius 2 is 1.90 bits per heavy atom. The van der Waals surface area contributed by atoms with Gasteiger partial charge in [-0.05, 0) is 36.3 Å². The van der Waals surface area contributed by atoms with Gasteiger partial charge < -0.3 is 5.11 Å². The number of rotatable bonds is 3. The summed E-state index contributed by atoms with van der Waals surface area (Å²) >= 11 is 0. The second-order valence-corrected chi connectivity index (χ2v) is 7.22. The Kier molecular flexibility index (Phi) is 3.34. The van der Waals surface area contributed by atoms with Gasteiger partial charge in [0, 0.05) is 11.0 Å². The van der Waals surface area contributed by atoms with Crippen LogP contribution in [0.25, 0.3) is 0 Å². The van der Waals surface area contributed by atoms with Gasteiger partial charge in [-0.15, -0.1) is 0 Å². The molecular weight excluding hydrogens is 264 g/mol. The molecule has 1 amide bonds. The molecule has 1 aromatic rings. The van der Waals surface area contributed by atoms with Crippen LogP contribution >= 0.6 is 0 Å². The number of hydrogen-bond acceptors (Lipinski definition) is 3. The Morgan fingerprint density at radius 3 is 2.48 bits per heavy atom. The molecule has 0 saturated heterocycles. The van der Waals surface area contributed by atoms with Crippen molar-refractivity contribution in [1.82, 2.24) is 10.9 Å². The highest BCUT2D eigenvalue weighted by molar-refractivity contribution is 5.93. The molecule has 2 aliphatic rings. The first-order valence-corrected chi connectivity index (χ1v) is 7.67. The molecule has 3 N–H and O–H groups in total. The molecule has 0 heterocycles. The topological polar surface area (TPSA) is 61.4 Å². The molecule has 2 bridgehead atoms. The van der Waals surface area contributed by atoms with Crippen molar-refractivity contribution in [3.8, 4) is 0 Å². The number of nitrogens with one attached hydrogen (secondary N) is 2. The predicted molar refractivity (Wildman–Crippen MR) is 81.5 cm³/mol. The summed E-state index contributed by atoms with van der Waals surface area (Å²) < 4.78 is 0. The van der Waals surface area contributed by atoms with E-state index in [0.717, 1.165) is 12.8 Å². The number of amides is 1. The Morgan fingerprint density at radius 1 is 1.24 bits per heavy atom. The molecule has 2 aliphatic carbocycles.